The van der Waals surface area contributed by atoms with E-state index in [0.29, 0.717) is 19.1 Å². The second-order valence-corrected chi connectivity index (χ2v) is 5.75. The van der Waals surface area contributed by atoms with Crippen molar-refractivity contribution in [2.45, 2.75) is 32.5 Å². The predicted molar refractivity (Wildman–Crippen MR) is 75.3 cm³/mol. The maximum absolute atomic E-state index is 12.6. The molecule has 20 heavy (non-hydrogen) atoms. The van der Waals surface area contributed by atoms with Gasteiger partial charge in [-0.1, -0.05) is 6.07 Å². The number of fused-ring (bicyclic) bond motifs is 1. The molecule has 2 heterocycles. The first kappa shape index (κ1) is 13.6. The van der Waals surface area contributed by atoms with Crippen molar-refractivity contribution < 1.29 is 14.6 Å². The van der Waals surface area contributed by atoms with Gasteiger partial charge >= 0.3 is 0 Å². The Morgan fingerprint density at radius 2 is 2.20 bits per heavy atom. The monoisotopic (exact) mass is 275 g/mol. The summed E-state index contributed by atoms with van der Waals surface area (Å²) in [6.45, 7) is 3.08. The van der Waals surface area contributed by atoms with Gasteiger partial charge in [0.2, 0.25) is 0 Å². The summed E-state index contributed by atoms with van der Waals surface area (Å²) in [5.74, 6) is 0.554. The minimum absolute atomic E-state index is 0.113. The number of aliphatic hydroxyl groups is 1. The van der Waals surface area contributed by atoms with Gasteiger partial charge in [-0.15, -0.1) is 0 Å². The quantitative estimate of drug-likeness (QED) is 0.917. The molecule has 0 aliphatic carbocycles. The molecule has 1 saturated heterocycles. The summed E-state index contributed by atoms with van der Waals surface area (Å²) >= 11 is 0. The fraction of sp³-hybridized carbons (Fsp3) is 0.562. The van der Waals surface area contributed by atoms with E-state index in [0.717, 1.165) is 43.5 Å². The normalized spacial score (nSPS) is 21.9. The first-order chi connectivity index (χ1) is 9.78. The standard InChI is InChI=1S/C16H21NO3/c18-7-5-12-2-1-6-17(9-12)16(19)13-3-4-14-10-20-11-15(14)8-13/h3-4,8,12,18H,1-2,5-7,9-11H2. The molecule has 0 aromatic heterocycles. The average molecular weight is 275 g/mol. The minimum Gasteiger partial charge on any atom is -0.396 e. The number of hydrogen-bond acceptors (Lipinski definition) is 3. The van der Waals surface area contributed by atoms with Crippen LogP contribution < -0.4 is 0 Å². The number of piperidine rings is 1. The van der Waals surface area contributed by atoms with Crippen LogP contribution in [0.5, 0.6) is 0 Å². The number of amides is 1. The number of hydrogen-bond donors (Lipinski definition) is 1. The van der Waals surface area contributed by atoms with E-state index < -0.39 is 0 Å². The fourth-order valence-electron chi connectivity index (χ4n) is 3.16. The Morgan fingerprint density at radius 1 is 1.35 bits per heavy atom. The number of carbonyl (C=O) groups is 1. The second kappa shape index (κ2) is 5.94. The lowest BCUT2D eigenvalue weighted by atomic mass is 9.94. The van der Waals surface area contributed by atoms with Crippen LogP contribution in [0, 0.1) is 5.92 Å². The molecule has 0 saturated carbocycles. The molecule has 4 nitrogen and oxygen atoms in total. The Hall–Kier alpha value is -1.39. The van der Waals surface area contributed by atoms with Crippen molar-refractivity contribution in [2.75, 3.05) is 19.7 Å². The molecule has 1 aromatic carbocycles. The molecule has 108 valence electrons. The summed E-state index contributed by atoms with van der Waals surface area (Å²) in [4.78, 5) is 14.5. The summed E-state index contributed by atoms with van der Waals surface area (Å²) in [6, 6.07) is 5.89. The van der Waals surface area contributed by atoms with Gasteiger partial charge in [0, 0.05) is 25.3 Å². The van der Waals surface area contributed by atoms with E-state index in [1.54, 1.807) is 0 Å². The van der Waals surface area contributed by atoms with Crippen LogP contribution in [-0.2, 0) is 18.0 Å². The van der Waals surface area contributed by atoms with Gasteiger partial charge in [0.1, 0.15) is 0 Å². The molecule has 1 unspecified atom stereocenters. The molecule has 4 heteroatoms. The molecule has 0 radical (unpaired) electrons. The molecule has 1 amide bonds. The summed E-state index contributed by atoms with van der Waals surface area (Å²) in [7, 11) is 0. The zero-order chi connectivity index (χ0) is 13.9. The Bertz CT molecular complexity index is 498. The van der Waals surface area contributed by atoms with Gasteiger partial charge in [-0.05, 0) is 48.4 Å². The molecule has 1 aromatic rings. The highest BCUT2D eigenvalue weighted by Crippen LogP contribution is 2.24. The maximum Gasteiger partial charge on any atom is 0.253 e. The fourth-order valence-corrected chi connectivity index (χ4v) is 3.16. The number of benzene rings is 1. The molecular formula is C16H21NO3. The maximum atomic E-state index is 12.6. The smallest absolute Gasteiger partial charge is 0.253 e. The Labute approximate surface area is 119 Å². The largest absolute Gasteiger partial charge is 0.396 e. The minimum atomic E-state index is 0.113. The predicted octanol–water partition coefficient (Wildman–Crippen LogP) is 1.95. The van der Waals surface area contributed by atoms with E-state index in [9.17, 15) is 4.79 Å². The zero-order valence-electron chi connectivity index (χ0n) is 11.7. The van der Waals surface area contributed by atoms with E-state index >= 15 is 0 Å². The van der Waals surface area contributed by atoms with Crippen LogP contribution >= 0.6 is 0 Å². The number of aliphatic hydroxyl groups excluding tert-OH is 1. The summed E-state index contributed by atoms with van der Waals surface area (Å²) in [5, 5.41) is 9.05. The molecule has 1 atom stereocenters. The van der Waals surface area contributed by atoms with Crippen molar-refractivity contribution in [3.05, 3.63) is 34.9 Å². The highest BCUT2D eigenvalue weighted by atomic mass is 16.5. The van der Waals surface area contributed by atoms with Crippen molar-refractivity contribution >= 4 is 5.91 Å². The topological polar surface area (TPSA) is 49.8 Å². The van der Waals surface area contributed by atoms with E-state index in [2.05, 4.69) is 0 Å². The molecule has 1 N–H and O–H groups in total. The lowest BCUT2D eigenvalue weighted by Gasteiger charge is -2.32. The highest BCUT2D eigenvalue weighted by Gasteiger charge is 2.25. The third kappa shape index (κ3) is 2.72. The van der Waals surface area contributed by atoms with Crippen molar-refractivity contribution in [1.82, 2.24) is 4.90 Å². The number of nitrogens with zero attached hydrogens (tertiary/aromatic N) is 1. The Kier molecular flexibility index (Phi) is 4.03. The highest BCUT2D eigenvalue weighted by molar-refractivity contribution is 5.94. The van der Waals surface area contributed by atoms with Crippen molar-refractivity contribution in [3.63, 3.8) is 0 Å². The number of likely N-dealkylation sites (tertiary alicyclic amines) is 1. The van der Waals surface area contributed by atoms with E-state index in [1.807, 2.05) is 23.1 Å². The van der Waals surface area contributed by atoms with Gasteiger partial charge in [0.25, 0.3) is 5.91 Å². The number of carbonyl (C=O) groups excluding carboxylic acids is 1. The van der Waals surface area contributed by atoms with Crippen LogP contribution in [-0.4, -0.2) is 35.6 Å². The first-order valence-electron chi connectivity index (χ1n) is 7.37. The SMILES string of the molecule is O=C(c1ccc2c(c1)COC2)N1CCCC(CCO)C1. The molecule has 1 fully saturated rings. The van der Waals surface area contributed by atoms with Crippen LogP contribution in [0.3, 0.4) is 0 Å². The average Bonchev–Trinajstić information content (AvgIpc) is 2.94. The molecule has 3 rings (SSSR count). The summed E-state index contributed by atoms with van der Waals surface area (Å²) in [6.07, 6.45) is 2.94. The first-order valence-corrected chi connectivity index (χ1v) is 7.37. The van der Waals surface area contributed by atoms with Gasteiger partial charge in [0.05, 0.1) is 13.2 Å². The molecule has 2 aliphatic rings. The number of ether oxygens (including phenoxy) is 1. The van der Waals surface area contributed by atoms with Crippen LogP contribution in [0.25, 0.3) is 0 Å². The molecule has 2 aliphatic heterocycles. The van der Waals surface area contributed by atoms with Crippen molar-refractivity contribution in [1.29, 1.82) is 0 Å². The number of rotatable bonds is 3. The second-order valence-electron chi connectivity index (χ2n) is 5.75. The summed E-state index contributed by atoms with van der Waals surface area (Å²) in [5.41, 5.74) is 3.09. The Morgan fingerprint density at radius 3 is 3.05 bits per heavy atom. The zero-order valence-corrected chi connectivity index (χ0v) is 11.7. The lowest BCUT2D eigenvalue weighted by molar-refractivity contribution is 0.0653. The van der Waals surface area contributed by atoms with Gasteiger partial charge < -0.3 is 14.7 Å². The van der Waals surface area contributed by atoms with Gasteiger partial charge in [0.15, 0.2) is 0 Å². The van der Waals surface area contributed by atoms with Crippen LogP contribution in [0.15, 0.2) is 18.2 Å². The Balaban J connectivity index is 1.72. The molecule has 0 bridgehead atoms. The molecular weight excluding hydrogens is 254 g/mol. The van der Waals surface area contributed by atoms with E-state index in [-0.39, 0.29) is 12.5 Å². The summed E-state index contributed by atoms with van der Waals surface area (Å²) < 4.78 is 5.39. The van der Waals surface area contributed by atoms with E-state index in [4.69, 9.17) is 9.84 Å². The van der Waals surface area contributed by atoms with Crippen molar-refractivity contribution in [3.8, 4) is 0 Å². The van der Waals surface area contributed by atoms with Gasteiger partial charge in [-0.3, -0.25) is 4.79 Å². The third-order valence-electron chi connectivity index (χ3n) is 4.31. The van der Waals surface area contributed by atoms with Crippen LogP contribution in [0.2, 0.25) is 0 Å². The molecule has 0 spiro atoms. The lowest BCUT2D eigenvalue weighted by Crippen LogP contribution is -2.40. The van der Waals surface area contributed by atoms with Gasteiger partial charge in [-0.25, -0.2) is 0 Å². The van der Waals surface area contributed by atoms with Gasteiger partial charge in [-0.2, -0.15) is 0 Å². The third-order valence-corrected chi connectivity index (χ3v) is 4.31. The van der Waals surface area contributed by atoms with Crippen LogP contribution in [0.1, 0.15) is 40.7 Å². The van der Waals surface area contributed by atoms with Crippen LogP contribution in [0.4, 0.5) is 0 Å². The van der Waals surface area contributed by atoms with Crippen molar-refractivity contribution in [2.24, 2.45) is 5.92 Å². The van der Waals surface area contributed by atoms with E-state index in [1.165, 1.54) is 5.56 Å².